The van der Waals surface area contributed by atoms with Crippen LogP contribution >= 0.6 is 0 Å². The highest BCUT2D eigenvalue weighted by Gasteiger charge is 2.13. The summed E-state index contributed by atoms with van der Waals surface area (Å²) in [5.41, 5.74) is 1.90. The molecule has 0 saturated carbocycles. The first-order chi connectivity index (χ1) is 9.63. The Morgan fingerprint density at radius 1 is 1.30 bits per heavy atom. The molecule has 20 heavy (non-hydrogen) atoms. The normalized spacial score (nSPS) is 10.6. The van der Waals surface area contributed by atoms with Gasteiger partial charge in [0.25, 0.3) is 11.6 Å². The van der Waals surface area contributed by atoms with Gasteiger partial charge in [-0.1, -0.05) is 6.07 Å². The van der Waals surface area contributed by atoms with Crippen LogP contribution in [0.5, 0.6) is 0 Å². The molecule has 0 aliphatic rings. The third-order valence-corrected chi connectivity index (χ3v) is 2.80. The van der Waals surface area contributed by atoms with Gasteiger partial charge >= 0.3 is 0 Å². The number of nitro benzene ring substituents is 1. The van der Waals surface area contributed by atoms with Crippen molar-refractivity contribution in [3.8, 4) is 0 Å². The van der Waals surface area contributed by atoms with E-state index < -0.39 is 10.8 Å². The molecule has 1 amide bonds. The topological polar surface area (TPSA) is 101 Å². The molecule has 0 unspecified atom stereocenters. The Morgan fingerprint density at radius 3 is 2.90 bits per heavy atom. The molecule has 0 bridgehead atoms. The highest BCUT2D eigenvalue weighted by atomic mass is 16.6. The number of aromatic amines is 1. The fourth-order valence-electron chi connectivity index (χ4n) is 1.87. The number of nitrogens with one attached hydrogen (secondary N) is 2. The van der Waals surface area contributed by atoms with Crippen LogP contribution in [0.25, 0.3) is 11.1 Å². The number of amides is 1. The number of non-ortho nitro benzene ring substituents is 1. The van der Waals surface area contributed by atoms with E-state index in [-0.39, 0.29) is 5.69 Å². The second kappa shape index (κ2) is 4.54. The quantitative estimate of drug-likeness (QED) is 0.564. The van der Waals surface area contributed by atoms with E-state index in [1.54, 1.807) is 18.2 Å². The summed E-state index contributed by atoms with van der Waals surface area (Å²) in [5.74, 6) is -0.392. The minimum Gasteiger partial charge on any atom is -0.463 e. The van der Waals surface area contributed by atoms with Crippen molar-refractivity contribution in [3.05, 3.63) is 58.5 Å². The molecular formula is C13H9N3O4. The Bertz CT molecular complexity index is 774. The third-order valence-electron chi connectivity index (χ3n) is 2.80. The summed E-state index contributed by atoms with van der Waals surface area (Å²) >= 11 is 0. The van der Waals surface area contributed by atoms with Gasteiger partial charge in [-0.3, -0.25) is 14.9 Å². The van der Waals surface area contributed by atoms with Crippen molar-refractivity contribution in [2.75, 3.05) is 5.32 Å². The number of aromatic nitrogens is 1. The predicted octanol–water partition coefficient (Wildman–Crippen LogP) is 2.92. The van der Waals surface area contributed by atoms with Gasteiger partial charge in [0.2, 0.25) is 0 Å². The first-order valence-electron chi connectivity index (χ1n) is 5.75. The number of furan rings is 1. The molecule has 0 aliphatic heterocycles. The molecule has 0 radical (unpaired) electrons. The average molecular weight is 271 g/mol. The number of nitrogens with zero attached hydrogens (tertiary/aromatic N) is 1. The minimum atomic E-state index is -0.516. The summed E-state index contributed by atoms with van der Waals surface area (Å²) < 4.78 is 5.15. The van der Waals surface area contributed by atoms with Crippen LogP contribution in [-0.4, -0.2) is 15.8 Å². The van der Waals surface area contributed by atoms with Crippen LogP contribution in [0.3, 0.4) is 0 Å². The Kier molecular flexibility index (Phi) is 2.72. The van der Waals surface area contributed by atoms with Crippen LogP contribution in [0.15, 0.2) is 47.1 Å². The van der Waals surface area contributed by atoms with E-state index in [2.05, 4.69) is 10.3 Å². The van der Waals surface area contributed by atoms with Crippen LogP contribution in [0.2, 0.25) is 0 Å². The van der Waals surface area contributed by atoms with Crippen LogP contribution in [-0.2, 0) is 0 Å². The number of carbonyl (C=O) groups excluding carboxylic acids is 1. The number of nitro groups is 1. The standard InChI is InChI=1S/C13H9N3O4/c17-13(11-7-12-10(15-11)4-5-20-12)14-8-2-1-3-9(6-8)16(18)19/h1-7,15H,(H,14,17). The van der Waals surface area contributed by atoms with Crippen molar-refractivity contribution in [2.24, 2.45) is 0 Å². The van der Waals surface area contributed by atoms with Crippen molar-refractivity contribution in [3.63, 3.8) is 0 Å². The van der Waals surface area contributed by atoms with Crippen LogP contribution in [0.1, 0.15) is 10.5 Å². The van der Waals surface area contributed by atoms with E-state index in [0.29, 0.717) is 22.5 Å². The molecule has 3 aromatic rings. The number of hydrogen-bond donors (Lipinski definition) is 2. The van der Waals surface area contributed by atoms with Gasteiger partial charge in [-0.25, -0.2) is 0 Å². The summed E-state index contributed by atoms with van der Waals surface area (Å²) in [6.07, 6.45) is 1.52. The molecule has 3 rings (SSSR count). The highest BCUT2D eigenvalue weighted by Crippen LogP contribution is 2.19. The zero-order valence-corrected chi connectivity index (χ0v) is 10.1. The zero-order valence-electron chi connectivity index (χ0n) is 10.1. The van der Waals surface area contributed by atoms with E-state index in [4.69, 9.17) is 4.42 Å². The van der Waals surface area contributed by atoms with Gasteiger partial charge < -0.3 is 14.7 Å². The number of rotatable bonds is 3. The lowest BCUT2D eigenvalue weighted by molar-refractivity contribution is -0.384. The fourth-order valence-corrected chi connectivity index (χ4v) is 1.87. The molecule has 0 fully saturated rings. The first kappa shape index (κ1) is 12.0. The van der Waals surface area contributed by atoms with E-state index >= 15 is 0 Å². The van der Waals surface area contributed by atoms with Crippen molar-refractivity contribution in [1.82, 2.24) is 4.98 Å². The van der Waals surface area contributed by atoms with E-state index in [9.17, 15) is 14.9 Å². The smallest absolute Gasteiger partial charge is 0.272 e. The molecule has 1 aromatic carbocycles. The van der Waals surface area contributed by atoms with Crippen LogP contribution < -0.4 is 5.32 Å². The zero-order chi connectivity index (χ0) is 14.1. The van der Waals surface area contributed by atoms with E-state index in [1.165, 1.54) is 24.5 Å². The second-order valence-corrected chi connectivity index (χ2v) is 4.14. The first-order valence-corrected chi connectivity index (χ1v) is 5.75. The highest BCUT2D eigenvalue weighted by molar-refractivity contribution is 6.05. The summed E-state index contributed by atoms with van der Waals surface area (Å²) in [6, 6.07) is 9.02. The maximum Gasteiger partial charge on any atom is 0.272 e. The molecule has 0 aliphatic carbocycles. The van der Waals surface area contributed by atoms with Crippen molar-refractivity contribution in [2.45, 2.75) is 0 Å². The van der Waals surface area contributed by atoms with Crippen molar-refractivity contribution >= 4 is 28.4 Å². The van der Waals surface area contributed by atoms with Gasteiger partial charge in [0.15, 0.2) is 5.58 Å². The maximum absolute atomic E-state index is 12.0. The number of H-pyrrole nitrogens is 1. The lowest BCUT2D eigenvalue weighted by atomic mass is 10.2. The summed E-state index contributed by atoms with van der Waals surface area (Å²) in [5, 5.41) is 13.3. The van der Waals surface area contributed by atoms with E-state index in [0.717, 1.165) is 0 Å². The molecule has 2 aromatic heterocycles. The van der Waals surface area contributed by atoms with Gasteiger partial charge in [0, 0.05) is 30.0 Å². The molecule has 0 spiro atoms. The average Bonchev–Trinajstić information content (AvgIpc) is 2.99. The molecule has 2 N–H and O–H groups in total. The minimum absolute atomic E-state index is 0.0805. The summed E-state index contributed by atoms with van der Waals surface area (Å²) in [7, 11) is 0. The number of hydrogen-bond acceptors (Lipinski definition) is 4. The van der Waals surface area contributed by atoms with Gasteiger partial charge in [0.1, 0.15) is 5.69 Å². The van der Waals surface area contributed by atoms with E-state index in [1.807, 2.05) is 0 Å². The van der Waals surface area contributed by atoms with Gasteiger partial charge in [-0.15, -0.1) is 0 Å². The maximum atomic E-state index is 12.0. The van der Waals surface area contributed by atoms with Crippen LogP contribution in [0, 0.1) is 10.1 Å². The third kappa shape index (κ3) is 2.12. The Hall–Kier alpha value is -3.09. The monoisotopic (exact) mass is 271 g/mol. The predicted molar refractivity (Wildman–Crippen MR) is 71.6 cm³/mol. The number of fused-ring (bicyclic) bond motifs is 1. The van der Waals surface area contributed by atoms with Crippen molar-refractivity contribution in [1.29, 1.82) is 0 Å². The SMILES string of the molecule is O=C(Nc1cccc([N+](=O)[O-])c1)c1cc2occc2[nH]1. The van der Waals surface area contributed by atoms with Gasteiger partial charge in [-0.2, -0.15) is 0 Å². The molecule has 100 valence electrons. The van der Waals surface area contributed by atoms with Gasteiger partial charge in [0.05, 0.1) is 16.7 Å². The second-order valence-electron chi connectivity index (χ2n) is 4.14. The molecule has 2 heterocycles. The van der Waals surface area contributed by atoms with Gasteiger partial charge in [-0.05, 0) is 6.07 Å². The molecule has 0 atom stereocenters. The lowest BCUT2D eigenvalue weighted by Crippen LogP contribution is -2.12. The molecular weight excluding hydrogens is 262 g/mol. The van der Waals surface area contributed by atoms with Crippen LogP contribution in [0.4, 0.5) is 11.4 Å². The number of carbonyl (C=O) groups is 1. The number of anilines is 1. The molecule has 7 heteroatoms. The lowest BCUT2D eigenvalue weighted by Gasteiger charge is -2.03. The Morgan fingerprint density at radius 2 is 2.15 bits per heavy atom. The summed E-state index contributed by atoms with van der Waals surface area (Å²) in [4.78, 5) is 25.1. The Labute approximate surface area is 112 Å². The fraction of sp³-hybridized carbons (Fsp3) is 0. The molecule has 7 nitrogen and oxygen atoms in total. The van der Waals surface area contributed by atoms with Crippen molar-refractivity contribution < 1.29 is 14.1 Å². The Balaban J connectivity index is 1.83. The molecule has 0 saturated heterocycles. The number of benzene rings is 1. The summed E-state index contributed by atoms with van der Waals surface area (Å²) in [6.45, 7) is 0. The largest absolute Gasteiger partial charge is 0.463 e.